The lowest BCUT2D eigenvalue weighted by Gasteiger charge is -2.17. The maximum Gasteiger partial charge on any atom is 0.131 e. The molecule has 1 heterocycles. The molecule has 5 heteroatoms. The van der Waals surface area contributed by atoms with Crippen LogP contribution in [0.5, 0.6) is 0 Å². The molecule has 0 amide bonds. The molecule has 1 aromatic carbocycles. The summed E-state index contributed by atoms with van der Waals surface area (Å²) in [6.45, 7) is 1.83. The van der Waals surface area contributed by atoms with Crippen LogP contribution >= 0.6 is 15.9 Å². The molecule has 0 saturated heterocycles. The van der Waals surface area contributed by atoms with Gasteiger partial charge in [-0.25, -0.2) is 9.97 Å². The molecule has 0 aliphatic carbocycles. The molecule has 1 unspecified atom stereocenters. The van der Waals surface area contributed by atoms with E-state index in [1.54, 1.807) is 6.07 Å². The van der Waals surface area contributed by atoms with E-state index in [2.05, 4.69) is 31.2 Å². The van der Waals surface area contributed by atoms with Gasteiger partial charge in [0, 0.05) is 6.07 Å². The van der Waals surface area contributed by atoms with Crippen LogP contribution < -0.4 is 5.32 Å². The van der Waals surface area contributed by atoms with Crippen molar-refractivity contribution < 1.29 is 5.11 Å². The zero-order chi connectivity index (χ0) is 13.0. The highest BCUT2D eigenvalue weighted by Crippen LogP contribution is 2.19. The van der Waals surface area contributed by atoms with E-state index in [0.29, 0.717) is 11.6 Å². The SMILES string of the molecule is Cc1nc(Br)cc(NC(CO)c2ccccc2)n1. The summed E-state index contributed by atoms with van der Waals surface area (Å²) in [6.07, 6.45) is 0. The molecular weight excluding hydrogens is 294 g/mol. The molecule has 4 nitrogen and oxygen atoms in total. The minimum atomic E-state index is -0.174. The zero-order valence-electron chi connectivity index (χ0n) is 9.97. The van der Waals surface area contributed by atoms with Crippen LogP contribution in [0.1, 0.15) is 17.4 Å². The van der Waals surface area contributed by atoms with Gasteiger partial charge in [-0.2, -0.15) is 0 Å². The summed E-state index contributed by atoms with van der Waals surface area (Å²) < 4.78 is 0.724. The van der Waals surface area contributed by atoms with Gasteiger partial charge in [-0.05, 0) is 28.4 Å². The highest BCUT2D eigenvalue weighted by molar-refractivity contribution is 9.10. The lowest BCUT2D eigenvalue weighted by molar-refractivity contribution is 0.276. The molecule has 0 aliphatic heterocycles. The van der Waals surface area contributed by atoms with Crippen LogP contribution in [-0.2, 0) is 0 Å². The molecule has 0 fully saturated rings. The van der Waals surface area contributed by atoms with E-state index in [1.807, 2.05) is 37.3 Å². The van der Waals surface area contributed by atoms with Crippen molar-refractivity contribution in [3.63, 3.8) is 0 Å². The van der Waals surface area contributed by atoms with Gasteiger partial charge in [0.1, 0.15) is 16.2 Å². The largest absolute Gasteiger partial charge is 0.394 e. The number of aryl methyl sites for hydroxylation is 1. The second kappa shape index (κ2) is 5.93. The number of hydrogen-bond donors (Lipinski definition) is 2. The van der Waals surface area contributed by atoms with E-state index < -0.39 is 0 Å². The van der Waals surface area contributed by atoms with Gasteiger partial charge in [-0.3, -0.25) is 0 Å². The Morgan fingerprint density at radius 3 is 2.61 bits per heavy atom. The molecule has 0 radical (unpaired) electrons. The molecule has 0 spiro atoms. The Bertz CT molecular complexity index is 499. The molecule has 18 heavy (non-hydrogen) atoms. The van der Waals surface area contributed by atoms with E-state index >= 15 is 0 Å². The van der Waals surface area contributed by atoms with Crippen LogP contribution in [0.3, 0.4) is 0 Å². The van der Waals surface area contributed by atoms with Crippen molar-refractivity contribution in [2.75, 3.05) is 11.9 Å². The summed E-state index contributed by atoms with van der Waals surface area (Å²) in [5.41, 5.74) is 1.02. The molecule has 2 rings (SSSR count). The minimum Gasteiger partial charge on any atom is -0.394 e. The molecule has 0 bridgehead atoms. The Hall–Kier alpha value is -1.46. The van der Waals surface area contributed by atoms with Gasteiger partial charge in [-0.1, -0.05) is 30.3 Å². The predicted molar refractivity (Wildman–Crippen MR) is 74.4 cm³/mol. The standard InChI is InChI=1S/C13H14BrN3O/c1-9-15-12(14)7-13(16-9)17-11(8-18)10-5-3-2-4-6-10/h2-7,11,18H,8H2,1H3,(H,15,16,17). The number of aliphatic hydroxyl groups is 1. The van der Waals surface area contributed by atoms with Gasteiger partial charge in [0.2, 0.25) is 0 Å². The molecule has 94 valence electrons. The van der Waals surface area contributed by atoms with Crippen LogP contribution in [0.4, 0.5) is 5.82 Å². The first-order valence-corrected chi connectivity index (χ1v) is 6.42. The average molecular weight is 308 g/mol. The number of aliphatic hydroxyl groups excluding tert-OH is 1. The monoisotopic (exact) mass is 307 g/mol. The first kappa shape index (κ1) is 13.0. The third kappa shape index (κ3) is 3.27. The van der Waals surface area contributed by atoms with Crippen molar-refractivity contribution in [3.8, 4) is 0 Å². The normalized spacial score (nSPS) is 12.2. The Balaban J connectivity index is 2.20. The highest BCUT2D eigenvalue weighted by Gasteiger charge is 2.11. The fraction of sp³-hybridized carbons (Fsp3) is 0.231. The van der Waals surface area contributed by atoms with Gasteiger partial charge in [0.05, 0.1) is 12.6 Å². The summed E-state index contributed by atoms with van der Waals surface area (Å²) >= 11 is 3.33. The van der Waals surface area contributed by atoms with Crippen LogP contribution in [0.15, 0.2) is 41.0 Å². The molecular formula is C13H14BrN3O. The Morgan fingerprint density at radius 1 is 1.28 bits per heavy atom. The zero-order valence-corrected chi connectivity index (χ0v) is 11.6. The number of benzene rings is 1. The van der Waals surface area contributed by atoms with Crippen molar-refractivity contribution in [1.29, 1.82) is 0 Å². The molecule has 1 aromatic heterocycles. The number of nitrogens with zero attached hydrogens (tertiary/aromatic N) is 2. The number of nitrogens with one attached hydrogen (secondary N) is 1. The number of anilines is 1. The lowest BCUT2D eigenvalue weighted by atomic mass is 10.1. The minimum absolute atomic E-state index is 0.00465. The topological polar surface area (TPSA) is 58.0 Å². The van der Waals surface area contributed by atoms with Crippen LogP contribution in [0.2, 0.25) is 0 Å². The highest BCUT2D eigenvalue weighted by atomic mass is 79.9. The quantitative estimate of drug-likeness (QED) is 0.853. The van der Waals surface area contributed by atoms with E-state index in [4.69, 9.17) is 0 Å². The van der Waals surface area contributed by atoms with Crippen LogP contribution in [0, 0.1) is 6.92 Å². The van der Waals surface area contributed by atoms with Gasteiger partial charge in [0.15, 0.2) is 0 Å². The van der Waals surface area contributed by atoms with Gasteiger partial charge in [-0.15, -0.1) is 0 Å². The van der Waals surface area contributed by atoms with E-state index in [0.717, 1.165) is 10.2 Å². The van der Waals surface area contributed by atoms with Crippen molar-refractivity contribution in [1.82, 2.24) is 9.97 Å². The van der Waals surface area contributed by atoms with Crippen molar-refractivity contribution >= 4 is 21.7 Å². The fourth-order valence-corrected chi connectivity index (χ4v) is 2.18. The molecule has 2 aromatic rings. The summed E-state index contributed by atoms with van der Waals surface area (Å²) in [7, 11) is 0. The third-order valence-corrected chi connectivity index (χ3v) is 2.92. The van der Waals surface area contributed by atoms with Crippen LogP contribution in [0.25, 0.3) is 0 Å². The summed E-state index contributed by atoms with van der Waals surface area (Å²) in [5, 5.41) is 12.7. The number of hydrogen-bond acceptors (Lipinski definition) is 4. The second-order valence-electron chi connectivity index (χ2n) is 3.91. The fourth-order valence-electron chi connectivity index (χ4n) is 1.70. The first-order chi connectivity index (χ1) is 8.69. The Morgan fingerprint density at radius 2 is 2.00 bits per heavy atom. The molecule has 0 aliphatic rings. The van der Waals surface area contributed by atoms with E-state index in [9.17, 15) is 5.11 Å². The average Bonchev–Trinajstić information content (AvgIpc) is 2.36. The summed E-state index contributed by atoms with van der Waals surface area (Å²) in [4.78, 5) is 8.43. The van der Waals surface area contributed by atoms with Crippen molar-refractivity contribution in [2.45, 2.75) is 13.0 Å². The lowest BCUT2D eigenvalue weighted by Crippen LogP contribution is -2.16. The first-order valence-electron chi connectivity index (χ1n) is 5.62. The smallest absolute Gasteiger partial charge is 0.131 e. The maximum atomic E-state index is 9.46. The van der Waals surface area contributed by atoms with Gasteiger partial charge in [0.25, 0.3) is 0 Å². The summed E-state index contributed by atoms with van der Waals surface area (Å²) in [5.74, 6) is 1.37. The third-order valence-electron chi connectivity index (χ3n) is 2.51. The van der Waals surface area contributed by atoms with Crippen molar-refractivity contribution in [2.24, 2.45) is 0 Å². The predicted octanol–water partition coefficient (Wildman–Crippen LogP) is 2.69. The molecule has 2 N–H and O–H groups in total. The van der Waals surface area contributed by atoms with Gasteiger partial charge >= 0.3 is 0 Å². The van der Waals surface area contributed by atoms with Crippen molar-refractivity contribution in [3.05, 3.63) is 52.4 Å². The molecule has 0 saturated carbocycles. The van der Waals surface area contributed by atoms with Crippen LogP contribution in [-0.4, -0.2) is 21.7 Å². The summed E-state index contributed by atoms with van der Waals surface area (Å²) in [6, 6.07) is 11.4. The second-order valence-corrected chi connectivity index (χ2v) is 4.73. The van der Waals surface area contributed by atoms with Gasteiger partial charge < -0.3 is 10.4 Å². The number of aromatic nitrogens is 2. The van der Waals surface area contributed by atoms with E-state index in [1.165, 1.54) is 0 Å². The number of halogens is 1. The van der Waals surface area contributed by atoms with E-state index in [-0.39, 0.29) is 12.6 Å². The maximum absolute atomic E-state index is 9.46. The Kier molecular flexibility index (Phi) is 4.28. The molecule has 1 atom stereocenters. The number of rotatable bonds is 4. The Labute approximate surface area is 114 Å².